The summed E-state index contributed by atoms with van der Waals surface area (Å²) >= 11 is 0. The maximum Gasteiger partial charge on any atom is 0.268 e. The fourth-order valence-corrected chi connectivity index (χ4v) is 3.06. The first-order valence-electron chi connectivity index (χ1n) is 8.86. The minimum Gasteiger partial charge on any atom is -0.478 e. The van der Waals surface area contributed by atoms with E-state index in [1.165, 1.54) is 0 Å². The zero-order chi connectivity index (χ0) is 18.7. The molecule has 0 N–H and O–H groups in total. The summed E-state index contributed by atoms with van der Waals surface area (Å²) in [6.45, 7) is 4.38. The third-order valence-electron chi connectivity index (χ3n) is 4.57. The highest BCUT2D eigenvalue weighted by Gasteiger charge is 2.34. The lowest BCUT2D eigenvalue weighted by atomic mass is 10.1. The van der Waals surface area contributed by atoms with Crippen LogP contribution in [-0.2, 0) is 16.1 Å². The van der Waals surface area contributed by atoms with E-state index < -0.39 is 6.10 Å². The van der Waals surface area contributed by atoms with Crippen molar-refractivity contribution in [1.29, 1.82) is 0 Å². The van der Waals surface area contributed by atoms with Crippen molar-refractivity contribution in [2.45, 2.75) is 32.9 Å². The van der Waals surface area contributed by atoms with Gasteiger partial charge in [0.05, 0.1) is 5.69 Å². The quantitative estimate of drug-likeness (QED) is 0.830. The molecule has 1 atom stereocenters. The van der Waals surface area contributed by atoms with E-state index in [1.807, 2.05) is 62.4 Å². The smallest absolute Gasteiger partial charge is 0.268 e. The molecule has 0 fully saturated rings. The number of carbonyl (C=O) groups is 2. The molecule has 2 aromatic rings. The van der Waals surface area contributed by atoms with E-state index in [0.29, 0.717) is 24.4 Å². The lowest BCUT2D eigenvalue weighted by Crippen LogP contribution is -2.49. The van der Waals surface area contributed by atoms with Gasteiger partial charge in [0.15, 0.2) is 6.10 Å². The molecule has 5 heteroatoms. The van der Waals surface area contributed by atoms with Gasteiger partial charge in [-0.05, 0) is 36.6 Å². The van der Waals surface area contributed by atoms with Gasteiger partial charge in [0.2, 0.25) is 5.91 Å². The van der Waals surface area contributed by atoms with Crippen molar-refractivity contribution in [3.05, 3.63) is 59.7 Å². The van der Waals surface area contributed by atoms with Crippen LogP contribution < -0.4 is 9.64 Å². The monoisotopic (exact) mass is 352 g/mol. The average molecular weight is 352 g/mol. The number of ether oxygens (including phenoxy) is 1. The Morgan fingerprint density at radius 2 is 1.92 bits per heavy atom. The van der Waals surface area contributed by atoms with Crippen molar-refractivity contribution in [2.75, 3.05) is 18.5 Å². The second-order valence-electron chi connectivity index (χ2n) is 6.65. The van der Waals surface area contributed by atoms with Crippen LogP contribution in [0.15, 0.2) is 48.5 Å². The molecule has 0 unspecified atom stereocenters. The van der Waals surface area contributed by atoms with Gasteiger partial charge in [-0.1, -0.05) is 43.3 Å². The molecular weight excluding hydrogens is 328 g/mol. The summed E-state index contributed by atoms with van der Waals surface area (Å²) in [5.74, 6) is 0.388. The summed E-state index contributed by atoms with van der Waals surface area (Å²) in [7, 11) is 1.76. The van der Waals surface area contributed by atoms with Gasteiger partial charge < -0.3 is 9.64 Å². The second-order valence-corrected chi connectivity index (χ2v) is 6.65. The molecule has 0 aromatic heterocycles. The van der Waals surface area contributed by atoms with E-state index >= 15 is 0 Å². The van der Waals surface area contributed by atoms with Crippen molar-refractivity contribution in [3.8, 4) is 5.75 Å². The number of hydrogen-bond acceptors (Lipinski definition) is 3. The van der Waals surface area contributed by atoms with Crippen molar-refractivity contribution >= 4 is 17.5 Å². The van der Waals surface area contributed by atoms with E-state index in [9.17, 15) is 9.59 Å². The van der Waals surface area contributed by atoms with Crippen LogP contribution in [0.1, 0.15) is 24.5 Å². The van der Waals surface area contributed by atoms with E-state index in [2.05, 4.69) is 0 Å². The highest BCUT2D eigenvalue weighted by molar-refractivity contribution is 6.03. The van der Waals surface area contributed by atoms with Gasteiger partial charge in [0.1, 0.15) is 12.3 Å². The fraction of sp³-hybridized carbons (Fsp3) is 0.333. The summed E-state index contributed by atoms with van der Waals surface area (Å²) in [6, 6.07) is 15.5. The largest absolute Gasteiger partial charge is 0.478 e. The molecule has 0 aliphatic carbocycles. The van der Waals surface area contributed by atoms with Crippen molar-refractivity contribution in [2.24, 2.45) is 0 Å². The number of amides is 2. The predicted octanol–water partition coefficient (Wildman–Crippen LogP) is 3.16. The minimum atomic E-state index is -0.544. The highest BCUT2D eigenvalue weighted by Crippen LogP contribution is 2.35. The van der Waals surface area contributed by atoms with Crippen LogP contribution in [0.3, 0.4) is 0 Å². The van der Waals surface area contributed by atoms with Gasteiger partial charge in [-0.3, -0.25) is 14.5 Å². The Morgan fingerprint density at radius 3 is 2.62 bits per heavy atom. The number of anilines is 1. The predicted molar refractivity (Wildman–Crippen MR) is 101 cm³/mol. The zero-order valence-corrected chi connectivity index (χ0v) is 15.4. The Bertz CT molecular complexity index is 804. The number of hydrogen-bond donors (Lipinski definition) is 0. The van der Waals surface area contributed by atoms with Crippen molar-refractivity contribution in [1.82, 2.24) is 4.90 Å². The molecule has 1 aliphatic rings. The first-order chi connectivity index (χ1) is 12.5. The Balaban J connectivity index is 1.80. The summed E-state index contributed by atoms with van der Waals surface area (Å²) in [5, 5.41) is 0. The van der Waals surface area contributed by atoms with Crippen LogP contribution in [-0.4, -0.2) is 36.4 Å². The molecule has 3 rings (SSSR count). The summed E-state index contributed by atoms with van der Waals surface area (Å²) < 4.78 is 5.80. The molecule has 0 saturated heterocycles. The lowest BCUT2D eigenvalue weighted by Gasteiger charge is -2.34. The van der Waals surface area contributed by atoms with Gasteiger partial charge in [0.25, 0.3) is 5.91 Å². The lowest BCUT2D eigenvalue weighted by molar-refractivity contribution is -0.133. The Kier molecular flexibility index (Phi) is 5.26. The Morgan fingerprint density at radius 1 is 1.19 bits per heavy atom. The SMILES string of the molecule is CC[C@H]1Oc2ccc(C)cc2N(CC(=O)N(C)Cc2ccccc2)C1=O. The van der Waals surface area contributed by atoms with Crippen LogP contribution in [0.2, 0.25) is 0 Å². The molecule has 1 aliphatic heterocycles. The van der Waals surface area contributed by atoms with Gasteiger partial charge in [-0.15, -0.1) is 0 Å². The Labute approximate surface area is 154 Å². The second kappa shape index (κ2) is 7.60. The van der Waals surface area contributed by atoms with Crippen LogP contribution >= 0.6 is 0 Å². The maximum atomic E-state index is 12.8. The summed E-state index contributed by atoms with van der Waals surface area (Å²) in [5.41, 5.74) is 2.74. The zero-order valence-electron chi connectivity index (χ0n) is 15.4. The molecule has 0 saturated carbocycles. The highest BCUT2D eigenvalue weighted by atomic mass is 16.5. The molecule has 0 bridgehead atoms. The van der Waals surface area contributed by atoms with Gasteiger partial charge >= 0.3 is 0 Å². The minimum absolute atomic E-state index is 0.0124. The van der Waals surface area contributed by atoms with Gasteiger partial charge in [-0.25, -0.2) is 0 Å². The number of likely N-dealkylation sites (N-methyl/N-ethyl adjacent to an activating group) is 1. The molecule has 1 heterocycles. The molecular formula is C21H24N2O3. The molecule has 2 aromatic carbocycles. The van der Waals surface area contributed by atoms with Crippen LogP contribution in [0, 0.1) is 6.92 Å². The Hall–Kier alpha value is -2.82. The first-order valence-corrected chi connectivity index (χ1v) is 8.86. The van der Waals surface area contributed by atoms with E-state index in [1.54, 1.807) is 16.8 Å². The maximum absolute atomic E-state index is 12.8. The summed E-state index contributed by atoms with van der Waals surface area (Å²) in [4.78, 5) is 28.7. The average Bonchev–Trinajstić information content (AvgIpc) is 2.64. The van der Waals surface area contributed by atoms with Crippen molar-refractivity contribution < 1.29 is 14.3 Å². The normalized spacial score (nSPS) is 16.0. The third-order valence-corrected chi connectivity index (χ3v) is 4.57. The number of aryl methyl sites for hydroxylation is 1. The van der Waals surface area contributed by atoms with Gasteiger partial charge in [-0.2, -0.15) is 0 Å². The van der Waals surface area contributed by atoms with E-state index in [4.69, 9.17) is 4.74 Å². The van der Waals surface area contributed by atoms with Gasteiger partial charge in [0, 0.05) is 13.6 Å². The first kappa shape index (κ1) is 18.0. The van der Waals surface area contributed by atoms with E-state index in [0.717, 1.165) is 11.1 Å². The molecule has 2 amide bonds. The molecule has 136 valence electrons. The van der Waals surface area contributed by atoms with Crippen LogP contribution in [0.25, 0.3) is 0 Å². The number of nitrogens with zero attached hydrogens (tertiary/aromatic N) is 2. The standard InChI is InChI=1S/C21H24N2O3/c1-4-18-21(25)23(17-12-15(2)10-11-19(17)26-18)14-20(24)22(3)13-16-8-6-5-7-9-16/h5-12,18H,4,13-14H2,1-3H3/t18-/m1/s1. The third kappa shape index (κ3) is 3.72. The molecule has 5 nitrogen and oxygen atoms in total. The number of rotatable bonds is 5. The van der Waals surface area contributed by atoms with Crippen LogP contribution in [0.5, 0.6) is 5.75 Å². The van der Waals surface area contributed by atoms with E-state index in [-0.39, 0.29) is 18.4 Å². The number of carbonyl (C=O) groups excluding carboxylic acids is 2. The van der Waals surface area contributed by atoms with Crippen molar-refractivity contribution in [3.63, 3.8) is 0 Å². The number of fused-ring (bicyclic) bond motifs is 1. The molecule has 26 heavy (non-hydrogen) atoms. The molecule has 0 radical (unpaired) electrons. The molecule has 0 spiro atoms. The number of benzene rings is 2. The fourth-order valence-electron chi connectivity index (χ4n) is 3.06. The topological polar surface area (TPSA) is 49.9 Å². The summed E-state index contributed by atoms with van der Waals surface area (Å²) in [6.07, 6.45) is 0.0221. The van der Waals surface area contributed by atoms with Crippen LogP contribution in [0.4, 0.5) is 5.69 Å².